The van der Waals surface area contributed by atoms with Crippen LogP contribution in [-0.4, -0.2) is 35.1 Å². The van der Waals surface area contributed by atoms with Gasteiger partial charge in [-0.25, -0.2) is 4.98 Å². The molecule has 5 nitrogen and oxygen atoms in total. The van der Waals surface area contributed by atoms with Crippen molar-refractivity contribution in [1.82, 2.24) is 20.2 Å². The Morgan fingerprint density at radius 3 is 2.61 bits per heavy atom. The summed E-state index contributed by atoms with van der Waals surface area (Å²) in [7, 11) is 1.74. The smallest absolute Gasteiger partial charge is 0.353 e. The van der Waals surface area contributed by atoms with Gasteiger partial charge in [-0.3, -0.25) is 4.79 Å². The van der Waals surface area contributed by atoms with Crippen molar-refractivity contribution in [1.29, 1.82) is 0 Å². The number of fused-ring (bicyclic) bond motifs is 1. The fourth-order valence-corrected chi connectivity index (χ4v) is 2.02. The Bertz CT molecular complexity index is 672. The van der Waals surface area contributed by atoms with E-state index in [2.05, 4.69) is 15.6 Å². The number of aromatic nitrogens is 2. The molecule has 0 aliphatic heterocycles. The monoisotopic (exact) mass is 350 g/mol. The third-order valence-electron chi connectivity index (χ3n) is 3.31. The predicted octanol–water partition coefficient (Wildman–Crippen LogP) is 2.20. The van der Waals surface area contributed by atoms with E-state index in [4.69, 9.17) is 0 Å². The van der Waals surface area contributed by atoms with E-state index in [-0.39, 0.29) is 29.5 Å². The summed E-state index contributed by atoms with van der Waals surface area (Å²) in [5.41, 5.74) is 0.498. The minimum absolute atomic E-state index is 0. The van der Waals surface area contributed by atoms with Gasteiger partial charge in [0.1, 0.15) is 6.54 Å². The molecule has 0 radical (unpaired) electrons. The van der Waals surface area contributed by atoms with E-state index >= 15 is 0 Å². The molecule has 23 heavy (non-hydrogen) atoms. The van der Waals surface area contributed by atoms with Gasteiger partial charge in [0.2, 0.25) is 11.7 Å². The number of imidazole rings is 1. The number of likely N-dealkylation sites (N-methyl/N-ethyl adjacent to an activating group) is 1. The Morgan fingerprint density at radius 1 is 1.35 bits per heavy atom. The molecule has 1 heterocycles. The molecular weight excluding hydrogens is 333 g/mol. The lowest BCUT2D eigenvalue weighted by molar-refractivity contribution is -0.147. The van der Waals surface area contributed by atoms with Crippen LogP contribution in [0.4, 0.5) is 13.2 Å². The number of carbonyl (C=O) groups is 1. The Hall–Kier alpha value is -1.80. The van der Waals surface area contributed by atoms with Crippen LogP contribution in [0, 0.1) is 0 Å². The van der Waals surface area contributed by atoms with Crippen LogP contribution in [0.3, 0.4) is 0 Å². The minimum atomic E-state index is -4.61. The van der Waals surface area contributed by atoms with Crippen LogP contribution in [0.2, 0.25) is 0 Å². The van der Waals surface area contributed by atoms with E-state index in [9.17, 15) is 18.0 Å². The van der Waals surface area contributed by atoms with Crippen molar-refractivity contribution >= 4 is 29.3 Å². The number of alkyl halides is 3. The molecule has 1 unspecified atom stereocenters. The van der Waals surface area contributed by atoms with E-state index < -0.39 is 24.5 Å². The van der Waals surface area contributed by atoms with Gasteiger partial charge in [-0.1, -0.05) is 12.1 Å². The van der Waals surface area contributed by atoms with Crippen molar-refractivity contribution in [2.75, 3.05) is 13.6 Å². The van der Waals surface area contributed by atoms with Crippen molar-refractivity contribution in [3.8, 4) is 0 Å². The maximum Gasteiger partial charge on any atom is 0.449 e. The number of nitrogens with zero attached hydrogens (tertiary/aromatic N) is 2. The molecule has 0 bridgehead atoms. The fraction of sp³-hybridized carbons (Fsp3) is 0.429. The molecule has 0 aliphatic carbocycles. The van der Waals surface area contributed by atoms with Crippen LogP contribution < -0.4 is 10.6 Å². The number of carbonyl (C=O) groups excluding carboxylic acids is 1. The molecule has 0 spiro atoms. The van der Waals surface area contributed by atoms with Crippen LogP contribution >= 0.6 is 12.4 Å². The van der Waals surface area contributed by atoms with Crippen LogP contribution in [-0.2, 0) is 17.5 Å². The number of halogens is 4. The zero-order chi connectivity index (χ0) is 16.3. The third kappa shape index (κ3) is 4.59. The molecule has 2 aromatic rings. The predicted molar refractivity (Wildman–Crippen MR) is 83.5 cm³/mol. The quantitative estimate of drug-likeness (QED) is 0.869. The lowest BCUT2D eigenvalue weighted by atomic mass is 10.3. The van der Waals surface area contributed by atoms with Crippen molar-refractivity contribution in [3.63, 3.8) is 0 Å². The second-order valence-corrected chi connectivity index (χ2v) is 5.00. The molecule has 128 valence electrons. The standard InChI is InChI=1S/C14H17F3N4O.ClH/c1-9(18-2)7-19-12(22)8-21-11-6-4-3-5-10(11)20-13(21)14(15,16)17;/h3-6,9,18H,7-8H2,1-2H3,(H,19,22);1H. The van der Waals surface area contributed by atoms with Crippen LogP contribution in [0.1, 0.15) is 12.7 Å². The van der Waals surface area contributed by atoms with Crippen molar-refractivity contribution in [3.05, 3.63) is 30.1 Å². The first-order valence-corrected chi connectivity index (χ1v) is 6.79. The normalized spacial score (nSPS) is 12.7. The second kappa shape index (κ2) is 7.65. The third-order valence-corrected chi connectivity index (χ3v) is 3.31. The Kier molecular flexibility index (Phi) is 6.40. The summed E-state index contributed by atoms with van der Waals surface area (Å²) < 4.78 is 40.1. The van der Waals surface area contributed by atoms with Crippen molar-refractivity contribution < 1.29 is 18.0 Å². The zero-order valence-electron chi connectivity index (χ0n) is 12.6. The first kappa shape index (κ1) is 19.2. The molecule has 1 atom stereocenters. The molecule has 2 N–H and O–H groups in total. The minimum Gasteiger partial charge on any atom is -0.353 e. The topological polar surface area (TPSA) is 58.9 Å². The van der Waals surface area contributed by atoms with Crippen LogP contribution in [0.5, 0.6) is 0 Å². The highest BCUT2D eigenvalue weighted by Gasteiger charge is 2.37. The van der Waals surface area contributed by atoms with E-state index in [0.717, 1.165) is 4.57 Å². The van der Waals surface area contributed by atoms with Gasteiger partial charge in [0.05, 0.1) is 11.0 Å². The van der Waals surface area contributed by atoms with Gasteiger partial charge in [0, 0.05) is 12.6 Å². The highest BCUT2D eigenvalue weighted by atomic mass is 35.5. The zero-order valence-corrected chi connectivity index (χ0v) is 13.5. The van der Waals surface area contributed by atoms with Gasteiger partial charge >= 0.3 is 6.18 Å². The molecule has 0 fully saturated rings. The molecule has 9 heteroatoms. The summed E-state index contributed by atoms with van der Waals surface area (Å²) in [6.45, 7) is 1.77. The van der Waals surface area contributed by atoms with Gasteiger partial charge in [-0.2, -0.15) is 13.2 Å². The Balaban J connectivity index is 0.00000264. The number of nitrogens with one attached hydrogen (secondary N) is 2. The summed E-state index contributed by atoms with van der Waals surface area (Å²) in [6.07, 6.45) is -4.61. The number of benzene rings is 1. The van der Waals surface area contributed by atoms with E-state index in [1.807, 2.05) is 6.92 Å². The van der Waals surface area contributed by atoms with Gasteiger partial charge in [-0.05, 0) is 26.1 Å². The number of para-hydroxylation sites is 2. The first-order valence-electron chi connectivity index (χ1n) is 6.79. The average molecular weight is 351 g/mol. The van der Waals surface area contributed by atoms with E-state index in [0.29, 0.717) is 6.54 Å². The van der Waals surface area contributed by atoms with E-state index in [1.165, 1.54) is 12.1 Å². The van der Waals surface area contributed by atoms with Crippen LogP contribution in [0.15, 0.2) is 24.3 Å². The fourth-order valence-electron chi connectivity index (χ4n) is 2.02. The van der Waals surface area contributed by atoms with Gasteiger partial charge in [-0.15, -0.1) is 12.4 Å². The molecule has 2 rings (SSSR count). The van der Waals surface area contributed by atoms with Gasteiger partial charge < -0.3 is 15.2 Å². The molecule has 1 aromatic heterocycles. The maximum atomic E-state index is 13.1. The average Bonchev–Trinajstić information content (AvgIpc) is 2.84. The van der Waals surface area contributed by atoms with Crippen molar-refractivity contribution in [2.45, 2.75) is 25.7 Å². The molecular formula is C14H18ClF3N4O. The summed E-state index contributed by atoms with van der Waals surface area (Å²) in [5, 5.41) is 5.53. The molecule has 1 amide bonds. The number of hydrogen-bond donors (Lipinski definition) is 2. The first-order chi connectivity index (χ1) is 10.3. The van der Waals surface area contributed by atoms with Gasteiger partial charge in [0.25, 0.3) is 0 Å². The summed E-state index contributed by atoms with van der Waals surface area (Å²) in [5.74, 6) is -1.55. The summed E-state index contributed by atoms with van der Waals surface area (Å²) in [4.78, 5) is 15.5. The maximum absolute atomic E-state index is 13.1. The highest BCUT2D eigenvalue weighted by molar-refractivity contribution is 5.85. The molecule has 1 aromatic carbocycles. The van der Waals surface area contributed by atoms with Gasteiger partial charge in [0.15, 0.2) is 0 Å². The Morgan fingerprint density at radius 2 is 2.00 bits per heavy atom. The lowest BCUT2D eigenvalue weighted by Gasteiger charge is -2.14. The number of amides is 1. The lowest BCUT2D eigenvalue weighted by Crippen LogP contribution is -2.39. The summed E-state index contributed by atoms with van der Waals surface area (Å²) in [6, 6.07) is 6.25. The molecule has 0 saturated carbocycles. The largest absolute Gasteiger partial charge is 0.449 e. The number of hydrogen-bond acceptors (Lipinski definition) is 3. The molecule has 0 saturated heterocycles. The SMILES string of the molecule is CNC(C)CNC(=O)Cn1c(C(F)(F)F)nc2ccccc21.Cl. The number of rotatable bonds is 5. The molecule has 0 aliphatic rings. The second-order valence-electron chi connectivity index (χ2n) is 5.00. The highest BCUT2D eigenvalue weighted by Crippen LogP contribution is 2.31. The summed E-state index contributed by atoms with van der Waals surface area (Å²) >= 11 is 0. The van der Waals surface area contributed by atoms with Crippen LogP contribution in [0.25, 0.3) is 11.0 Å². The van der Waals surface area contributed by atoms with Crippen molar-refractivity contribution in [2.24, 2.45) is 0 Å². The Labute approximate surface area is 137 Å². The van der Waals surface area contributed by atoms with E-state index in [1.54, 1.807) is 19.2 Å².